The summed E-state index contributed by atoms with van der Waals surface area (Å²) in [5.41, 5.74) is 1.44. The van der Waals surface area contributed by atoms with Crippen molar-refractivity contribution in [2.24, 2.45) is 0 Å². The number of likely N-dealkylation sites (tertiary alicyclic amines) is 1. The van der Waals surface area contributed by atoms with Crippen LogP contribution in [0.15, 0.2) is 48.5 Å². The molecule has 1 amide bonds. The zero-order valence-corrected chi connectivity index (χ0v) is 17.1. The molecule has 0 unspecified atom stereocenters. The Hall–Kier alpha value is -2.84. The minimum atomic E-state index is -0.264. The summed E-state index contributed by atoms with van der Waals surface area (Å²) in [7, 11) is 0. The maximum absolute atomic E-state index is 13.1. The van der Waals surface area contributed by atoms with E-state index >= 15 is 0 Å². The zero-order valence-electron chi connectivity index (χ0n) is 16.3. The lowest BCUT2D eigenvalue weighted by Gasteiger charge is -2.32. The number of tetrazole rings is 1. The van der Waals surface area contributed by atoms with Crippen molar-refractivity contribution in [1.29, 1.82) is 0 Å². The van der Waals surface area contributed by atoms with E-state index in [1.807, 2.05) is 0 Å². The molecule has 1 aliphatic rings. The molecular weight excluding hydrogens is 407 g/mol. The highest BCUT2D eigenvalue weighted by Gasteiger charge is 2.23. The quantitative estimate of drug-likeness (QED) is 0.653. The van der Waals surface area contributed by atoms with E-state index in [4.69, 9.17) is 11.6 Å². The number of nitrogens with zero attached hydrogens (tertiary/aromatic N) is 5. The van der Waals surface area contributed by atoms with Gasteiger partial charge in [0.1, 0.15) is 5.82 Å². The van der Waals surface area contributed by atoms with E-state index in [2.05, 4.69) is 25.7 Å². The Morgan fingerprint density at radius 3 is 2.57 bits per heavy atom. The van der Waals surface area contributed by atoms with Gasteiger partial charge in [0, 0.05) is 19.1 Å². The van der Waals surface area contributed by atoms with Crippen molar-refractivity contribution >= 4 is 17.5 Å². The molecule has 2 aromatic carbocycles. The van der Waals surface area contributed by atoms with Crippen molar-refractivity contribution < 1.29 is 9.18 Å². The second-order valence-corrected chi connectivity index (χ2v) is 7.79. The fourth-order valence-electron chi connectivity index (χ4n) is 3.57. The van der Waals surface area contributed by atoms with E-state index in [-0.39, 0.29) is 17.8 Å². The molecule has 9 heteroatoms. The SMILES string of the molecule is O=C(NC1CCN(Cc2nnnn2Cc2ccc(F)cc2)CC1)c1ccccc1Cl. The summed E-state index contributed by atoms with van der Waals surface area (Å²) < 4.78 is 14.8. The molecule has 1 fully saturated rings. The molecular formula is C21H22ClFN6O. The van der Waals surface area contributed by atoms with Crippen LogP contribution in [0.5, 0.6) is 0 Å². The Morgan fingerprint density at radius 1 is 1.10 bits per heavy atom. The molecule has 4 rings (SSSR count). The van der Waals surface area contributed by atoms with Crippen LogP contribution in [0.2, 0.25) is 5.02 Å². The first-order valence-electron chi connectivity index (χ1n) is 9.86. The van der Waals surface area contributed by atoms with Crippen LogP contribution in [0.25, 0.3) is 0 Å². The smallest absolute Gasteiger partial charge is 0.253 e. The molecule has 1 N–H and O–H groups in total. The molecule has 0 saturated carbocycles. The summed E-state index contributed by atoms with van der Waals surface area (Å²) in [6.07, 6.45) is 1.69. The Labute approximate surface area is 178 Å². The van der Waals surface area contributed by atoms with Crippen molar-refractivity contribution in [3.8, 4) is 0 Å². The number of carbonyl (C=O) groups excluding carboxylic acids is 1. The summed E-state index contributed by atoms with van der Waals surface area (Å²) in [6, 6.07) is 13.5. The molecule has 0 atom stereocenters. The number of carbonyl (C=O) groups is 1. The topological polar surface area (TPSA) is 75.9 Å². The fourth-order valence-corrected chi connectivity index (χ4v) is 3.79. The van der Waals surface area contributed by atoms with Crippen LogP contribution in [0.1, 0.15) is 34.6 Å². The predicted octanol–water partition coefficient (Wildman–Crippen LogP) is 2.91. The maximum atomic E-state index is 13.1. The van der Waals surface area contributed by atoms with Gasteiger partial charge in [-0.15, -0.1) is 5.10 Å². The normalized spacial score (nSPS) is 15.3. The van der Waals surface area contributed by atoms with E-state index in [0.29, 0.717) is 23.7 Å². The zero-order chi connectivity index (χ0) is 20.9. The lowest BCUT2D eigenvalue weighted by molar-refractivity contribution is 0.0907. The molecule has 156 valence electrons. The predicted molar refractivity (Wildman–Crippen MR) is 111 cm³/mol. The number of aromatic nitrogens is 4. The highest BCUT2D eigenvalue weighted by Crippen LogP contribution is 2.17. The summed E-state index contributed by atoms with van der Waals surface area (Å²) in [4.78, 5) is 14.7. The molecule has 1 aromatic heterocycles. The van der Waals surface area contributed by atoms with Crippen molar-refractivity contribution in [3.63, 3.8) is 0 Å². The van der Waals surface area contributed by atoms with Gasteiger partial charge < -0.3 is 5.32 Å². The van der Waals surface area contributed by atoms with Gasteiger partial charge in [-0.05, 0) is 53.1 Å². The van der Waals surface area contributed by atoms with Crippen LogP contribution in [0.3, 0.4) is 0 Å². The Balaban J connectivity index is 1.29. The number of halogens is 2. The lowest BCUT2D eigenvalue weighted by Crippen LogP contribution is -2.44. The summed E-state index contributed by atoms with van der Waals surface area (Å²) in [5.74, 6) is 0.361. The molecule has 2 heterocycles. The van der Waals surface area contributed by atoms with Gasteiger partial charge >= 0.3 is 0 Å². The van der Waals surface area contributed by atoms with Crippen LogP contribution in [0, 0.1) is 5.82 Å². The van der Waals surface area contributed by atoms with Gasteiger partial charge in [-0.25, -0.2) is 9.07 Å². The first-order chi connectivity index (χ1) is 14.6. The van der Waals surface area contributed by atoms with Crippen molar-refractivity contribution in [2.75, 3.05) is 13.1 Å². The van der Waals surface area contributed by atoms with Crippen LogP contribution < -0.4 is 5.32 Å². The van der Waals surface area contributed by atoms with Gasteiger partial charge in [0.25, 0.3) is 5.91 Å². The van der Waals surface area contributed by atoms with Crippen LogP contribution in [0.4, 0.5) is 4.39 Å². The Kier molecular flexibility index (Phi) is 6.35. The summed E-state index contributed by atoms with van der Waals surface area (Å²) >= 11 is 6.11. The lowest BCUT2D eigenvalue weighted by atomic mass is 10.0. The molecule has 30 heavy (non-hydrogen) atoms. The minimum absolute atomic E-state index is 0.111. The highest BCUT2D eigenvalue weighted by molar-refractivity contribution is 6.33. The Morgan fingerprint density at radius 2 is 1.83 bits per heavy atom. The van der Waals surface area contributed by atoms with Crippen molar-refractivity contribution in [3.05, 3.63) is 76.3 Å². The van der Waals surface area contributed by atoms with E-state index in [1.54, 1.807) is 41.1 Å². The van der Waals surface area contributed by atoms with Crippen molar-refractivity contribution in [1.82, 2.24) is 30.4 Å². The van der Waals surface area contributed by atoms with E-state index < -0.39 is 0 Å². The van der Waals surface area contributed by atoms with Gasteiger partial charge in [0.05, 0.1) is 23.7 Å². The number of piperidine rings is 1. The van der Waals surface area contributed by atoms with Gasteiger partial charge in [-0.2, -0.15) is 0 Å². The Bertz CT molecular complexity index is 1000. The molecule has 0 bridgehead atoms. The number of benzene rings is 2. The average molecular weight is 429 g/mol. The van der Waals surface area contributed by atoms with Gasteiger partial charge in [0.15, 0.2) is 5.82 Å². The van der Waals surface area contributed by atoms with Crippen molar-refractivity contribution in [2.45, 2.75) is 32.0 Å². The third-order valence-corrected chi connectivity index (χ3v) is 5.59. The minimum Gasteiger partial charge on any atom is -0.349 e. The molecule has 0 radical (unpaired) electrons. The van der Waals surface area contributed by atoms with Gasteiger partial charge in [-0.1, -0.05) is 35.9 Å². The second-order valence-electron chi connectivity index (χ2n) is 7.38. The largest absolute Gasteiger partial charge is 0.349 e. The number of amides is 1. The molecule has 3 aromatic rings. The number of hydrogen-bond acceptors (Lipinski definition) is 5. The second kappa shape index (κ2) is 9.32. The fraction of sp³-hybridized carbons (Fsp3) is 0.333. The van der Waals surface area contributed by atoms with Crippen LogP contribution >= 0.6 is 11.6 Å². The third-order valence-electron chi connectivity index (χ3n) is 5.26. The number of hydrogen-bond donors (Lipinski definition) is 1. The molecule has 1 aliphatic heterocycles. The molecule has 0 spiro atoms. The van der Waals surface area contributed by atoms with Crippen LogP contribution in [-0.4, -0.2) is 50.1 Å². The summed E-state index contributed by atoms with van der Waals surface area (Å²) in [6.45, 7) is 2.78. The van der Waals surface area contributed by atoms with Gasteiger partial charge in [-0.3, -0.25) is 9.69 Å². The monoisotopic (exact) mass is 428 g/mol. The summed E-state index contributed by atoms with van der Waals surface area (Å²) in [5, 5.41) is 15.5. The maximum Gasteiger partial charge on any atom is 0.253 e. The third kappa shape index (κ3) is 5.01. The van der Waals surface area contributed by atoms with Gasteiger partial charge in [0.2, 0.25) is 0 Å². The number of nitrogens with one attached hydrogen (secondary N) is 1. The number of rotatable bonds is 6. The standard InChI is InChI=1S/C21H22ClFN6O/c22-19-4-2-1-3-18(19)21(30)24-17-9-11-28(12-10-17)14-20-25-26-27-29(20)13-15-5-7-16(23)8-6-15/h1-8,17H,9-14H2,(H,24,30). The first-order valence-corrected chi connectivity index (χ1v) is 10.2. The molecule has 1 saturated heterocycles. The average Bonchev–Trinajstić information content (AvgIpc) is 3.18. The highest BCUT2D eigenvalue weighted by atomic mass is 35.5. The molecule has 7 nitrogen and oxygen atoms in total. The van der Waals surface area contributed by atoms with E-state index in [0.717, 1.165) is 37.3 Å². The van der Waals surface area contributed by atoms with Crippen LogP contribution in [-0.2, 0) is 13.1 Å². The van der Waals surface area contributed by atoms with E-state index in [9.17, 15) is 9.18 Å². The van der Waals surface area contributed by atoms with E-state index in [1.165, 1.54) is 12.1 Å². The molecule has 0 aliphatic carbocycles. The first kappa shape index (κ1) is 20.4.